The van der Waals surface area contributed by atoms with Crippen molar-refractivity contribution in [1.29, 1.82) is 0 Å². The normalized spacial score (nSPS) is 19.5. The van der Waals surface area contributed by atoms with Crippen molar-refractivity contribution in [3.8, 4) is 34.5 Å². The van der Waals surface area contributed by atoms with Gasteiger partial charge in [0.2, 0.25) is 5.91 Å². The zero-order valence-electron chi connectivity index (χ0n) is 28.2. The van der Waals surface area contributed by atoms with Crippen molar-refractivity contribution < 1.29 is 42.7 Å². The van der Waals surface area contributed by atoms with Crippen LogP contribution in [0.5, 0.6) is 34.5 Å². The zero-order valence-corrected chi connectivity index (χ0v) is 28.2. The molecule has 1 saturated heterocycles. The summed E-state index contributed by atoms with van der Waals surface area (Å²) in [4.78, 5) is 31.9. The van der Waals surface area contributed by atoms with Crippen LogP contribution in [0.1, 0.15) is 55.8 Å². The van der Waals surface area contributed by atoms with E-state index in [2.05, 4.69) is 4.90 Å². The predicted octanol–water partition coefficient (Wildman–Crippen LogP) is 5.05. The van der Waals surface area contributed by atoms with E-state index in [1.165, 1.54) is 0 Å². The van der Waals surface area contributed by atoms with E-state index in [9.17, 15) is 9.59 Å². The van der Waals surface area contributed by atoms with Crippen molar-refractivity contribution in [2.75, 3.05) is 56.3 Å². The molecule has 3 aromatic carbocycles. The summed E-state index contributed by atoms with van der Waals surface area (Å²) >= 11 is 0. The van der Waals surface area contributed by atoms with Gasteiger partial charge in [0.25, 0.3) is 0 Å². The third-order valence-electron chi connectivity index (χ3n) is 9.59. The van der Waals surface area contributed by atoms with E-state index in [-0.39, 0.29) is 12.5 Å². The van der Waals surface area contributed by atoms with Crippen LogP contribution in [0.3, 0.4) is 0 Å². The fourth-order valence-electron chi connectivity index (χ4n) is 7.61. The monoisotopic (exact) mass is 644 g/mol. The number of carbonyl (C=O) groups excluding carboxylic acids is 2. The summed E-state index contributed by atoms with van der Waals surface area (Å²) in [7, 11) is 11.5. The molecule has 248 valence electrons. The number of fused-ring (bicyclic) bond motifs is 7. The molecule has 0 saturated carbocycles. The van der Waals surface area contributed by atoms with Gasteiger partial charge in [0.15, 0.2) is 23.0 Å². The highest BCUT2D eigenvalue weighted by atomic mass is 16.5. The van der Waals surface area contributed by atoms with Crippen LogP contribution in [-0.2, 0) is 16.0 Å². The number of rotatable bonds is 9. The Bertz CT molecular complexity index is 1790. The highest BCUT2D eigenvalue weighted by Gasteiger charge is 2.54. The fourth-order valence-corrected chi connectivity index (χ4v) is 7.61. The Morgan fingerprint density at radius 3 is 1.89 bits per heavy atom. The maximum Gasteiger partial charge on any atom is 0.338 e. The first kappa shape index (κ1) is 32.1. The lowest BCUT2D eigenvalue weighted by molar-refractivity contribution is -0.144. The van der Waals surface area contributed by atoms with Crippen LogP contribution in [0.4, 0.5) is 0 Å². The Morgan fingerprint density at radius 1 is 0.766 bits per heavy atom. The van der Waals surface area contributed by atoms with Crippen LogP contribution in [0.2, 0.25) is 0 Å². The van der Waals surface area contributed by atoms with Crippen molar-refractivity contribution in [2.24, 2.45) is 0 Å². The number of carbonyl (C=O) groups is 2. The average Bonchev–Trinajstić information content (AvgIpc) is 3.08. The van der Waals surface area contributed by atoms with Gasteiger partial charge in [-0.05, 0) is 39.1 Å². The lowest BCUT2D eigenvalue weighted by Crippen LogP contribution is -2.60. The largest absolute Gasteiger partial charge is 0.496 e. The van der Waals surface area contributed by atoms with E-state index in [0.29, 0.717) is 63.3 Å². The quantitative estimate of drug-likeness (QED) is 0.294. The van der Waals surface area contributed by atoms with Crippen molar-refractivity contribution in [2.45, 2.75) is 38.4 Å². The van der Waals surface area contributed by atoms with E-state index >= 15 is 0 Å². The van der Waals surface area contributed by atoms with Gasteiger partial charge in [-0.3, -0.25) is 9.69 Å². The smallest absolute Gasteiger partial charge is 0.338 e. The topological polar surface area (TPSA) is 105 Å². The van der Waals surface area contributed by atoms with Crippen molar-refractivity contribution in [3.05, 3.63) is 75.0 Å². The second-order valence-corrected chi connectivity index (χ2v) is 11.7. The zero-order chi connectivity index (χ0) is 33.7. The van der Waals surface area contributed by atoms with Crippen LogP contribution >= 0.6 is 0 Å². The highest BCUT2D eigenvalue weighted by Crippen LogP contribution is 2.59. The summed E-state index contributed by atoms with van der Waals surface area (Å²) in [6.45, 7) is 3.66. The molecular formula is C36H40N2O9. The number of nitrogens with zero attached hydrogens (tertiary/aromatic N) is 2. The minimum absolute atomic E-state index is 0.150. The molecule has 1 fully saturated rings. The summed E-state index contributed by atoms with van der Waals surface area (Å²) in [6.07, 6.45) is 2.33. The lowest BCUT2D eigenvalue weighted by atomic mass is 9.77. The van der Waals surface area contributed by atoms with Gasteiger partial charge in [-0.15, -0.1) is 0 Å². The molecular weight excluding hydrogens is 604 g/mol. The molecule has 2 bridgehead atoms. The molecule has 47 heavy (non-hydrogen) atoms. The fraction of sp³-hybridized carbons (Fsp3) is 0.389. The van der Waals surface area contributed by atoms with E-state index in [1.54, 1.807) is 71.8 Å². The highest BCUT2D eigenvalue weighted by molar-refractivity contribution is 5.92. The van der Waals surface area contributed by atoms with Gasteiger partial charge in [0.05, 0.1) is 60.3 Å². The van der Waals surface area contributed by atoms with Crippen molar-refractivity contribution in [3.63, 3.8) is 0 Å². The van der Waals surface area contributed by atoms with Gasteiger partial charge in [-0.25, -0.2) is 4.79 Å². The molecule has 0 radical (unpaired) electrons. The Hall–Kier alpha value is -4.90. The molecule has 3 atom stereocenters. The number of hydrogen-bond donors (Lipinski definition) is 0. The molecule has 0 spiro atoms. The average molecular weight is 645 g/mol. The van der Waals surface area contributed by atoms with Crippen molar-refractivity contribution >= 4 is 18.0 Å². The van der Waals surface area contributed by atoms with Gasteiger partial charge in [-0.1, -0.05) is 18.2 Å². The molecule has 11 nitrogen and oxygen atoms in total. The lowest BCUT2D eigenvalue weighted by Gasteiger charge is -2.53. The van der Waals surface area contributed by atoms with Crippen LogP contribution in [0, 0.1) is 13.8 Å². The Balaban J connectivity index is 1.64. The maximum atomic E-state index is 14.8. The van der Waals surface area contributed by atoms with E-state index in [4.69, 9.17) is 33.2 Å². The SMILES string of the molecule is COc1c(C)c(OC)c(OC)c2c1C=C1[C@H]3c4c(c(OC)c(C)c(OC)c4OC)C[C@@H](C(=O)N1[C@@H]2COC(=O)c1ccccc1)N3C. The van der Waals surface area contributed by atoms with Gasteiger partial charge in [0.1, 0.15) is 24.1 Å². The number of methoxy groups -OCH3 is 6. The van der Waals surface area contributed by atoms with Crippen LogP contribution < -0.4 is 28.4 Å². The van der Waals surface area contributed by atoms with Crippen LogP contribution in [0.15, 0.2) is 36.0 Å². The van der Waals surface area contributed by atoms with Crippen LogP contribution in [0.25, 0.3) is 6.08 Å². The molecule has 11 heteroatoms. The summed E-state index contributed by atoms with van der Waals surface area (Å²) < 4.78 is 41.6. The van der Waals surface area contributed by atoms with E-state index in [0.717, 1.165) is 22.3 Å². The van der Waals surface area contributed by atoms with Crippen LogP contribution in [-0.4, -0.2) is 84.0 Å². The summed E-state index contributed by atoms with van der Waals surface area (Å²) in [6, 6.07) is 6.97. The summed E-state index contributed by atoms with van der Waals surface area (Å²) in [5.41, 5.74) is 5.64. The van der Waals surface area contributed by atoms with E-state index in [1.807, 2.05) is 33.0 Å². The molecule has 0 aromatic heterocycles. The Morgan fingerprint density at radius 2 is 1.32 bits per heavy atom. The second kappa shape index (κ2) is 12.4. The molecule has 3 aliphatic heterocycles. The molecule has 3 heterocycles. The predicted molar refractivity (Wildman–Crippen MR) is 174 cm³/mol. The third kappa shape index (κ3) is 4.66. The third-order valence-corrected chi connectivity index (χ3v) is 9.59. The molecule has 1 amide bonds. The minimum Gasteiger partial charge on any atom is -0.496 e. The summed E-state index contributed by atoms with van der Waals surface area (Å²) in [5.74, 6) is 2.59. The molecule has 0 unspecified atom stereocenters. The van der Waals surface area contributed by atoms with Gasteiger partial charge in [-0.2, -0.15) is 0 Å². The number of esters is 1. The van der Waals surface area contributed by atoms with E-state index < -0.39 is 24.1 Å². The number of benzene rings is 3. The second-order valence-electron chi connectivity index (χ2n) is 11.7. The molecule has 0 aliphatic carbocycles. The molecule has 0 N–H and O–H groups in total. The minimum atomic E-state index is -0.774. The number of hydrogen-bond acceptors (Lipinski definition) is 10. The maximum absolute atomic E-state index is 14.8. The number of piperazine rings is 1. The summed E-state index contributed by atoms with van der Waals surface area (Å²) in [5, 5.41) is 0. The number of amides is 1. The van der Waals surface area contributed by atoms with Crippen molar-refractivity contribution in [1.82, 2.24) is 9.80 Å². The van der Waals surface area contributed by atoms with Gasteiger partial charge in [0, 0.05) is 45.5 Å². The molecule has 3 aliphatic rings. The number of ether oxygens (including phenoxy) is 7. The standard InChI is InChI=1S/C36H40N2O9/c1-18-29(41-4)21-15-23-28-27-22(30(42-5)19(2)32(44-7)34(27)46-9)16-24(37(28)3)35(39)38(23)25(26(21)33(45-8)31(18)43-6)17-47-36(40)20-13-11-10-12-14-20/h10-15,24-25,28H,16-17H2,1-9H3/t24-,25+,28-/m0/s1. The molecule has 3 aromatic rings. The first-order chi connectivity index (χ1) is 22.7. The van der Waals surface area contributed by atoms with Gasteiger partial charge >= 0.3 is 5.97 Å². The Labute approximate surface area is 274 Å². The number of likely N-dealkylation sites (N-methyl/N-ethyl adjacent to an activating group) is 1. The first-order valence-corrected chi connectivity index (χ1v) is 15.3. The first-order valence-electron chi connectivity index (χ1n) is 15.3. The Kier molecular flexibility index (Phi) is 8.44. The van der Waals surface area contributed by atoms with Gasteiger partial charge < -0.3 is 38.1 Å². The molecule has 6 rings (SSSR count).